The van der Waals surface area contributed by atoms with Crippen LogP contribution in [0.15, 0.2) is 33.5 Å². The van der Waals surface area contributed by atoms with Crippen LogP contribution in [0.5, 0.6) is 0 Å². The molecule has 1 aromatic rings. The van der Waals surface area contributed by atoms with Crippen LogP contribution in [0.1, 0.15) is 6.92 Å². The summed E-state index contributed by atoms with van der Waals surface area (Å²) in [5.41, 5.74) is 3.31. The Bertz CT molecular complexity index is 527. The molecule has 0 fully saturated rings. The highest BCUT2D eigenvalue weighted by molar-refractivity contribution is 6.35. The molecule has 0 aliphatic carbocycles. The minimum atomic E-state index is -0.690. The zero-order valence-electron chi connectivity index (χ0n) is 8.82. The Kier molecular flexibility index (Phi) is 3.40. The van der Waals surface area contributed by atoms with E-state index in [0.717, 1.165) is 0 Å². The molecular weight excluding hydrogens is 263 g/mol. The SMILES string of the molecule is CC1=NNC(=O)C1N=Nc1cc(Cl)ccc1Cl. The maximum absolute atomic E-state index is 11.3. The first kappa shape index (κ1) is 12.0. The number of rotatable bonds is 2. The van der Waals surface area contributed by atoms with Crippen molar-refractivity contribution in [2.24, 2.45) is 15.3 Å². The average Bonchev–Trinajstić information content (AvgIpc) is 2.61. The van der Waals surface area contributed by atoms with Crippen LogP contribution in [0, 0.1) is 0 Å². The molecule has 1 atom stereocenters. The predicted molar refractivity (Wildman–Crippen MR) is 66.0 cm³/mol. The predicted octanol–water partition coefficient (Wildman–Crippen LogP) is 2.95. The lowest BCUT2D eigenvalue weighted by Crippen LogP contribution is -2.25. The van der Waals surface area contributed by atoms with Gasteiger partial charge in [0.25, 0.3) is 5.91 Å². The Morgan fingerprint density at radius 2 is 2.18 bits per heavy atom. The lowest BCUT2D eigenvalue weighted by molar-refractivity contribution is -0.120. The zero-order valence-corrected chi connectivity index (χ0v) is 10.3. The van der Waals surface area contributed by atoms with Crippen molar-refractivity contribution < 1.29 is 4.79 Å². The van der Waals surface area contributed by atoms with Gasteiger partial charge in [-0.05, 0) is 25.1 Å². The molecule has 0 saturated heterocycles. The summed E-state index contributed by atoms with van der Waals surface area (Å²) < 4.78 is 0. The van der Waals surface area contributed by atoms with Crippen molar-refractivity contribution in [3.05, 3.63) is 28.2 Å². The number of carbonyl (C=O) groups is 1. The summed E-state index contributed by atoms with van der Waals surface area (Å²) in [7, 11) is 0. The van der Waals surface area contributed by atoms with E-state index in [9.17, 15) is 4.79 Å². The molecule has 0 saturated carbocycles. The second-order valence-electron chi connectivity index (χ2n) is 3.44. The first-order chi connectivity index (χ1) is 8.08. The van der Waals surface area contributed by atoms with Gasteiger partial charge in [0, 0.05) is 5.02 Å². The summed E-state index contributed by atoms with van der Waals surface area (Å²) >= 11 is 11.7. The molecule has 88 valence electrons. The van der Waals surface area contributed by atoms with Crippen molar-refractivity contribution in [1.29, 1.82) is 0 Å². The highest BCUT2D eigenvalue weighted by atomic mass is 35.5. The van der Waals surface area contributed by atoms with Gasteiger partial charge in [0.2, 0.25) is 0 Å². The highest BCUT2D eigenvalue weighted by Crippen LogP contribution is 2.28. The van der Waals surface area contributed by atoms with Crippen molar-refractivity contribution >= 4 is 40.5 Å². The Morgan fingerprint density at radius 3 is 2.82 bits per heavy atom. The van der Waals surface area contributed by atoms with Crippen molar-refractivity contribution in [3.8, 4) is 0 Å². The van der Waals surface area contributed by atoms with E-state index in [-0.39, 0.29) is 5.91 Å². The number of nitrogens with one attached hydrogen (secondary N) is 1. The number of hydrogen-bond acceptors (Lipinski definition) is 4. The molecule has 1 amide bonds. The van der Waals surface area contributed by atoms with E-state index in [1.165, 1.54) is 0 Å². The average molecular weight is 271 g/mol. The molecule has 1 aliphatic rings. The van der Waals surface area contributed by atoms with Crippen LogP contribution < -0.4 is 5.43 Å². The van der Waals surface area contributed by atoms with Crippen LogP contribution in [0.25, 0.3) is 0 Å². The Balaban J connectivity index is 2.23. The largest absolute Gasteiger partial charge is 0.272 e. The monoisotopic (exact) mass is 270 g/mol. The summed E-state index contributed by atoms with van der Waals surface area (Å²) in [6.07, 6.45) is 0. The number of hydrazone groups is 1. The first-order valence-electron chi connectivity index (χ1n) is 4.78. The lowest BCUT2D eigenvalue weighted by atomic mass is 10.2. The van der Waals surface area contributed by atoms with E-state index >= 15 is 0 Å². The van der Waals surface area contributed by atoms with E-state index in [0.29, 0.717) is 21.4 Å². The maximum Gasteiger partial charge on any atom is 0.272 e. The van der Waals surface area contributed by atoms with E-state index in [4.69, 9.17) is 23.2 Å². The van der Waals surface area contributed by atoms with Gasteiger partial charge in [-0.3, -0.25) is 4.79 Å². The molecule has 1 heterocycles. The molecule has 0 bridgehead atoms. The molecule has 0 radical (unpaired) electrons. The first-order valence-corrected chi connectivity index (χ1v) is 5.53. The topological polar surface area (TPSA) is 66.2 Å². The fraction of sp³-hybridized carbons (Fsp3) is 0.200. The van der Waals surface area contributed by atoms with Gasteiger partial charge in [-0.1, -0.05) is 23.2 Å². The van der Waals surface area contributed by atoms with Gasteiger partial charge in [0.15, 0.2) is 6.04 Å². The Labute approximate surface area is 108 Å². The third kappa shape index (κ3) is 2.62. The van der Waals surface area contributed by atoms with Gasteiger partial charge in [-0.2, -0.15) is 15.3 Å². The zero-order chi connectivity index (χ0) is 12.4. The van der Waals surface area contributed by atoms with Crippen LogP contribution in [0.3, 0.4) is 0 Å². The molecule has 2 rings (SSSR count). The smallest absolute Gasteiger partial charge is 0.270 e. The molecule has 1 aliphatic heterocycles. The second kappa shape index (κ2) is 4.81. The van der Waals surface area contributed by atoms with Crippen molar-refractivity contribution in [2.75, 3.05) is 0 Å². The Morgan fingerprint density at radius 1 is 1.41 bits per heavy atom. The molecule has 1 N–H and O–H groups in total. The third-order valence-electron chi connectivity index (χ3n) is 2.18. The van der Waals surface area contributed by atoms with Gasteiger partial charge in [-0.25, -0.2) is 5.43 Å². The van der Waals surface area contributed by atoms with E-state index in [2.05, 4.69) is 20.8 Å². The van der Waals surface area contributed by atoms with Crippen molar-refractivity contribution in [3.63, 3.8) is 0 Å². The number of nitrogens with zero attached hydrogens (tertiary/aromatic N) is 3. The van der Waals surface area contributed by atoms with Gasteiger partial charge in [0.05, 0.1) is 10.7 Å². The van der Waals surface area contributed by atoms with Gasteiger partial charge >= 0.3 is 0 Å². The fourth-order valence-electron chi connectivity index (χ4n) is 1.27. The van der Waals surface area contributed by atoms with Crippen molar-refractivity contribution in [2.45, 2.75) is 13.0 Å². The molecule has 1 aromatic carbocycles. The summed E-state index contributed by atoms with van der Waals surface area (Å²) in [5, 5.41) is 12.5. The number of azo groups is 1. The summed E-state index contributed by atoms with van der Waals surface area (Å²) in [6, 6.07) is 4.16. The van der Waals surface area contributed by atoms with Gasteiger partial charge < -0.3 is 0 Å². The molecule has 1 unspecified atom stereocenters. The number of amides is 1. The summed E-state index contributed by atoms with van der Waals surface area (Å²) in [5.74, 6) is -0.301. The third-order valence-corrected chi connectivity index (χ3v) is 2.73. The molecule has 17 heavy (non-hydrogen) atoms. The van der Waals surface area contributed by atoms with Crippen molar-refractivity contribution in [1.82, 2.24) is 5.43 Å². The fourth-order valence-corrected chi connectivity index (χ4v) is 1.60. The van der Waals surface area contributed by atoms with Crippen LogP contribution in [0.4, 0.5) is 5.69 Å². The van der Waals surface area contributed by atoms with Crippen LogP contribution >= 0.6 is 23.2 Å². The molecule has 5 nitrogen and oxygen atoms in total. The van der Waals surface area contributed by atoms with Crippen LogP contribution in [-0.2, 0) is 4.79 Å². The highest BCUT2D eigenvalue weighted by Gasteiger charge is 2.26. The number of benzene rings is 1. The second-order valence-corrected chi connectivity index (χ2v) is 4.29. The van der Waals surface area contributed by atoms with Gasteiger partial charge in [-0.15, -0.1) is 0 Å². The summed E-state index contributed by atoms with van der Waals surface area (Å²) in [6.45, 7) is 1.70. The minimum absolute atomic E-state index is 0.301. The van der Waals surface area contributed by atoms with Gasteiger partial charge in [0.1, 0.15) is 5.69 Å². The molecule has 0 aromatic heterocycles. The minimum Gasteiger partial charge on any atom is -0.270 e. The normalized spacial score (nSPS) is 19.6. The van der Waals surface area contributed by atoms with Crippen LogP contribution in [0.2, 0.25) is 10.0 Å². The van der Waals surface area contributed by atoms with E-state index < -0.39 is 6.04 Å². The summed E-state index contributed by atoms with van der Waals surface area (Å²) in [4.78, 5) is 11.3. The number of halogens is 2. The van der Waals surface area contributed by atoms with E-state index in [1.807, 2.05) is 0 Å². The molecule has 7 heteroatoms. The number of hydrogen-bond donors (Lipinski definition) is 1. The molecule has 0 spiro atoms. The Hall–Kier alpha value is -1.46. The maximum atomic E-state index is 11.3. The standard InChI is InChI=1S/C10H8Cl2N4O/c1-5-9(10(17)16-13-5)15-14-8-4-6(11)2-3-7(8)12/h2-4,9H,1H3,(H,16,17). The van der Waals surface area contributed by atoms with Crippen LogP contribution in [-0.4, -0.2) is 17.7 Å². The molecular formula is C10H8Cl2N4O. The number of carbonyl (C=O) groups excluding carboxylic acids is 1. The quantitative estimate of drug-likeness (QED) is 0.825. The van der Waals surface area contributed by atoms with E-state index in [1.54, 1.807) is 25.1 Å². The lowest BCUT2D eigenvalue weighted by Gasteiger charge is -2.00.